The molecule has 0 aromatic carbocycles. The average Bonchev–Trinajstić information content (AvgIpc) is 2.04. The third-order valence-electron chi connectivity index (χ3n) is 1.40. The molecular weight excluding hydrogens is 223 g/mol. The highest BCUT2D eigenvalue weighted by atomic mass is 35.5. The van der Waals surface area contributed by atoms with Gasteiger partial charge in [0.25, 0.3) is 0 Å². The average molecular weight is 228 g/mol. The summed E-state index contributed by atoms with van der Waals surface area (Å²) in [6, 6.07) is 0. The molecule has 0 atom stereocenters. The van der Waals surface area contributed by atoms with Crippen LogP contribution in [0.25, 0.3) is 0 Å². The minimum atomic E-state index is -4.87. The van der Waals surface area contributed by atoms with E-state index < -0.39 is 17.9 Å². The van der Waals surface area contributed by atoms with Gasteiger partial charge in [0.1, 0.15) is 5.15 Å². The molecule has 3 nitrogen and oxygen atoms in total. The van der Waals surface area contributed by atoms with Crippen molar-refractivity contribution in [3.05, 3.63) is 16.9 Å². The Bertz CT molecular complexity index is 354. The van der Waals surface area contributed by atoms with E-state index in [-0.39, 0.29) is 10.7 Å². The molecule has 1 aromatic heterocycles. The first-order valence-corrected chi connectivity index (χ1v) is 3.79. The van der Waals surface area contributed by atoms with E-state index in [4.69, 9.17) is 16.7 Å². The van der Waals surface area contributed by atoms with E-state index in [0.29, 0.717) is 0 Å². The summed E-state index contributed by atoms with van der Waals surface area (Å²) < 4.78 is 39.1. The summed E-state index contributed by atoms with van der Waals surface area (Å²) in [5, 5.41) is 8.88. The third kappa shape index (κ3) is 2.41. The Morgan fingerprint density at radius 2 is 2.07 bits per heavy atom. The summed E-state index contributed by atoms with van der Waals surface area (Å²) >= 11 is 5.45. The van der Waals surface area contributed by atoms with E-state index in [1.54, 1.807) is 0 Å². The Morgan fingerprint density at radius 1 is 1.50 bits per heavy atom. The Labute approximate surface area is 82.1 Å². The zero-order chi connectivity index (χ0) is 10.9. The molecular formula is C7H5ClF3NO2. The Hall–Kier alpha value is -1.17. The number of ether oxygens (including phenoxy) is 1. The second-order valence-electron chi connectivity index (χ2n) is 2.44. The fourth-order valence-electron chi connectivity index (χ4n) is 0.804. The minimum absolute atomic E-state index is 0.0657. The molecule has 0 radical (unpaired) electrons. The number of aromatic hydroxyl groups is 1. The van der Waals surface area contributed by atoms with Crippen LogP contribution in [-0.2, 0) is 0 Å². The summed E-state index contributed by atoms with van der Waals surface area (Å²) in [5.41, 5.74) is -0.0657. The van der Waals surface area contributed by atoms with Crippen molar-refractivity contribution in [2.45, 2.75) is 13.3 Å². The molecule has 7 heteroatoms. The first kappa shape index (κ1) is 10.9. The molecule has 0 bridgehead atoms. The van der Waals surface area contributed by atoms with Crippen LogP contribution in [0.15, 0.2) is 6.20 Å². The third-order valence-corrected chi connectivity index (χ3v) is 1.78. The number of hydrogen-bond donors (Lipinski definition) is 1. The normalized spacial score (nSPS) is 11.5. The van der Waals surface area contributed by atoms with Crippen LogP contribution in [0.5, 0.6) is 11.5 Å². The van der Waals surface area contributed by atoms with Crippen LogP contribution >= 0.6 is 11.6 Å². The van der Waals surface area contributed by atoms with Gasteiger partial charge in [-0.15, -0.1) is 13.2 Å². The lowest BCUT2D eigenvalue weighted by Gasteiger charge is -2.12. The van der Waals surface area contributed by atoms with Crippen molar-refractivity contribution >= 4 is 11.6 Å². The first-order chi connectivity index (χ1) is 6.31. The Kier molecular flexibility index (Phi) is 2.75. The molecule has 1 rings (SSSR count). The predicted octanol–water partition coefficient (Wildman–Crippen LogP) is 2.65. The smallest absolute Gasteiger partial charge is 0.503 e. The summed E-state index contributed by atoms with van der Waals surface area (Å²) in [6.07, 6.45) is -4.08. The monoisotopic (exact) mass is 227 g/mol. The summed E-state index contributed by atoms with van der Waals surface area (Å²) in [4.78, 5) is 3.44. The van der Waals surface area contributed by atoms with Crippen LogP contribution in [0.3, 0.4) is 0 Å². The molecule has 0 amide bonds. The molecule has 0 aliphatic rings. The van der Waals surface area contributed by atoms with Crippen molar-refractivity contribution in [2.75, 3.05) is 0 Å². The van der Waals surface area contributed by atoms with Gasteiger partial charge in [0.05, 0.1) is 6.20 Å². The van der Waals surface area contributed by atoms with Gasteiger partial charge in [-0.25, -0.2) is 4.98 Å². The van der Waals surface area contributed by atoms with Gasteiger partial charge in [0.15, 0.2) is 11.5 Å². The maximum absolute atomic E-state index is 11.8. The number of nitrogens with zero attached hydrogens (tertiary/aromatic N) is 1. The maximum Gasteiger partial charge on any atom is 0.573 e. The van der Waals surface area contributed by atoms with E-state index in [2.05, 4.69) is 9.72 Å². The van der Waals surface area contributed by atoms with Crippen LogP contribution < -0.4 is 4.74 Å². The largest absolute Gasteiger partial charge is 0.573 e. The van der Waals surface area contributed by atoms with E-state index in [0.717, 1.165) is 6.20 Å². The number of alkyl halides is 3. The fourth-order valence-corrected chi connectivity index (χ4v) is 0.938. The number of aromatic nitrogens is 1. The zero-order valence-corrected chi connectivity index (χ0v) is 7.65. The first-order valence-electron chi connectivity index (χ1n) is 3.41. The SMILES string of the molecule is Cc1c(Cl)ncc(O)c1OC(F)(F)F. The van der Waals surface area contributed by atoms with Gasteiger partial charge < -0.3 is 9.84 Å². The molecule has 0 spiro atoms. The quantitative estimate of drug-likeness (QED) is 0.750. The maximum atomic E-state index is 11.8. The minimum Gasteiger partial charge on any atom is -0.503 e. The van der Waals surface area contributed by atoms with Crippen molar-refractivity contribution in [1.29, 1.82) is 0 Å². The number of halogens is 4. The molecule has 1 N–H and O–H groups in total. The zero-order valence-electron chi connectivity index (χ0n) is 6.89. The fraction of sp³-hybridized carbons (Fsp3) is 0.286. The molecule has 0 saturated heterocycles. The van der Waals surface area contributed by atoms with Crippen LogP contribution in [0.4, 0.5) is 13.2 Å². The van der Waals surface area contributed by atoms with Gasteiger partial charge in [-0.1, -0.05) is 11.6 Å². The van der Waals surface area contributed by atoms with Gasteiger partial charge in [-0.3, -0.25) is 0 Å². The van der Waals surface area contributed by atoms with Crippen molar-refractivity contribution in [3.63, 3.8) is 0 Å². The van der Waals surface area contributed by atoms with E-state index in [9.17, 15) is 13.2 Å². The highest BCUT2D eigenvalue weighted by Gasteiger charge is 2.33. The summed E-state index contributed by atoms with van der Waals surface area (Å²) in [7, 11) is 0. The van der Waals surface area contributed by atoms with Crippen molar-refractivity contribution < 1.29 is 23.0 Å². The number of rotatable bonds is 1. The molecule has 0 aliphatic carbocycles. The Morgan fingerprint density at radius 3 is 2.57 bits per heavy atom. The lowest BCUT2D eigenvalue weighted by molar-refractivity contribution is -0.275. The van der Waals surface area contributed by atoms with Gasteiger partial charge in [-0.2, -0.15) is 0 Å². The van der Waals surface area contributed by atoms with E-state index in [1.807, 2.05) is 0 Å². The predicted molar refractivity (Wildman–Crippen MR) is 42.3 cm³/mol. The van der Waals surface area contributed by atoms with E-state index in [1.165, 1.54) is 6.92 Å². The van der Waals surface area contributed by atoms with Crippen LogP contribution in [0.1, 0.15) is 5.56 Å². The second kappa shape index (κ2) is 3.53. The molecule has 1 heterocycles. The summed E-state index contributed by atoms with van der Waals surface area (Å²) in [5.74, 6) is -1.43. The second-order valence-corrected chi connectivity index (χ2v) is 2.79. The lowest BCUT2D eigenvalue weighted by Crippen LogP contribution is -2.18. The number of pyridine rings is 1. The number of hydrogen-bond acceptors (Lipinski definition) is 3. The molecule has 0 aliphatic heterocycles. The molecule has 14 heavy (non-hydrogen) atoms. The van der Waals surface area contributed by atoms with Crippen LogP contribution in [0.2, 0.25) is 5.15 Å². The highest BCUT2D eigenvalue weighted by Crippen LogP contribution is 2.36. The molecule has 78 valence electrons. The summed E-state index contributed by atoms with van der Waals surface area (Å²) in [6.45, 7) is 1.26. The highest BCUT2D eigenvalue weighted by molar-refractivity contribution is 6.30. The molecule has 1 aromatic rings. The Balaban J connectivity index is 3.13. The van der Waals surface area contributed by atoms with Crippen molar-refractivity contribution in [1.82, 2.24) is 4.98 Å². The van der Waals surface area contributed by atoms with Gasteiger partial charge >= 0.3 is 6.36 Å². The van der Waals surface area contributed by atoms with Gasteiger partial charge in [0.2, 0.25) is 0 Å². The van der Waals surface area contributed by atoms with Crippen LogP contribution in [0, 0.1) is 6.92 Å². The van der Waals surface area contributed by atoms with Crippen LogP contribution in [-0.4, -0.2) is 16.5 Å². The van der Waals surface area contributed by atoms with Gasteiger partial charge in [-0.05, 0) is 6.92 Å². The lowest BCUT2D eigenvalue weighted by atomic mass is 10.3. The topological polar surface area (TPSA) is 42.4 Å². The standard InChI is InChI=1S/C7H5ClF3NO2/c1-3-5(14-7(9,10)11)4(13)2-12-6(3)8/h2,13H,1H3. The van der Waals surface area contributed by atoms with Gasteiger partial charge in [0, 0.05) is 5.56 Å². The van der Waals surface area contributed by atoms with Crippen molar-refractivity contribution in [3.8, 4) is 11.5 Å². The molecule has 0 fully saturated rings. The van der Waals surface area contributed by atoms with E-state index >= 15 is 0 Å². The van der Waals surface area contributed by atoms with Crippen molar-refractivity contribution in [2.24, 2.45) is 0 Å². The molecule has 0 saturated carbocycles. The molecule has 0 unspecified atom stereocenters.